The number of ketones is 1. The van der Waals surface area contributed by atoms with Gasteiger partial charge in [-0.3, -0.25) is 9.59 Å². The molecule has 144 valence electrons. The lowest BCUT2D eigenvalue weighted by molar-refractivity contribution is -0.159. The number of hydrogen-bond acceptors (Lipinski definition) is 4. The summed E-state index contributed by atoms with van der Waals surface area (Å²) in [6, 6.07) is 0. The van der Waals surface area contributed by atoms with Gasteiger partial charge in [0.05, 0.1) is 0 Å². The first-order valence-electron chi connectivity index (χ1n) is 10.3. The molecule has 0 aromatic carbocycles. The minimum Gasteiger partial charge on any atom is -0.464 e. The third-order valence-corrected chi connectivity index (χ3v) is 9.04. The second-order valence-electron chi connectivity index (χ2n) is 9.77. The lowest BCUT2D eigenvalue weighted by Crippen LogP contribution is -2.57. The van der Waals surface area contributed by atoms with Gasteiger partial charge in [-0.25, -0.2) is 0 Å². The number of hydrogen-bond donors (Lipinski definition) is 1. The summed E-state index contributed by atoms with van der Waals surface area (Å²) in [6.45, 7) is 6.72. The Morgan fingerprint density at radius 3 is 2.62 bits per heavy atom. The molecule has 0 bridgehead atoms. The second kappa shape index (κ2) is 5.92. The Morgan fingerprint density at radius 1 is 1.19 bits per heavy atom. The summed E-state index contributed by atoms with van der Waals surface area (Å²) < 4.78 is 5.26. The van der Waals surface area contributed by atoms with Crippen molar-refractivity contribution in [1.82, 2.24) is 0 Å². The standard InChI is InChI=1S/C22H32O4/c1-14(24)22(25)11-8-19-17-5-4-15-12-16(26-13-23)6-9-20(15,2)18(17)7-10-21(19,22)3/h4,13,16-19,25H,5-12H2,1-3H3/t16?,17?,18?,19?,20-,21-,22-/m0/s1. The number of aliphatic hydroxyl groups is 1. The summed E-state index contributed by atoms with van der Waals surface area (Å²) in [5.74, 6) is 1.55. The molecule has 4 aliphatic rings. The molecule has 4 heteroatoms. The maximum atomic E-state index is 12.3. The van der Waals surface area contributed by atoms with Gasteiger partial charge >= 0.3 is 0 Å². The minimum absolute atomic E-state index is 0.0338. The molecule has 7 atom stereocenters. The Morgan fingerprint density at radius 2 is 1.92 bits per heavy atom. The predicted molar refractivity (Wildman–Crippen MR) is 98.3 cm³/mol. The number of allylic oxidation sites excluding steroid dienone is 1. The zero-order chi connectivity index (χ0) is 18.7. The van der Waals surface area contributed by atoms with Crippen LogP contribution < -0.4 is 0 Å². The first-order valence-corrected chi connectivity index (χ1v) is 10.3. The number of ether oxygens (including phenoxy) is 1. The van der Waals surface area contributed by atoms with E-state index >= 15 is 0 Å². The maximum Gasteiger partial charge on any atom is 0.293 e. The van der Waals surface area contributed by atoms with Crippen molar-refractivity contribution in [2.75, 3.05) is 0 Å². The van der Waals surface area contributed by atoms with Crippen LogP contribution in [0.3, 0.4) is 0 Å². The lowest BCUT2D eigenvalue weighted by atomic mass is 9.47. The van der Waals surface area contributed by atoms with Gasteiger partial charge in [-0.2, -0.15) is 0 Å². The molecule has 3 saturated carbocycles. The van der Waals surface area contributed by atoms with Crippen LogP contribution in [0.4, 0.5) is 0 Å². The molecule has 26 heavy (non-hydrogen) atoms. The highest BCUT2D eigenvalue weighted by Gasteiger charge is 2.65. The van der Waals surface area contributed by atoms with E-state index < -0.39 is 5.60 Å². The van der Waals surface area contributed by atoms with Gasteiger partial charge in [-0.1, -0.05) is 25.5 Å². The predicted octanol–water partition coefficient (Wildman–Crippen LogP) is 3.81. The third kappa shape index (κ3) is 2.23. The summed E-state index contributed by atoms with van der Waals surface area (Å²) in [4.78, 5) is 23.0. The lowest BCUT2D eigenvalue weighted by Gasteiger charge is -2.58. The molecule has 0 aromatic heterocycles. The molecule has 0 radical (unpaired) electrons. The number of carbonyl (C=O) groups excluding carboxylic acids is 2. The molecule has 4 unspecified atom stereocenters. The number of fused-ring (bicyclic) bond motifs is 5. The molecule has 4 rings (SSSR count). The van der Waals surface area contributed by atoms with Crippen molar-refractivity contribution in [1.29, 1.82) is 0 Å². The van der Waals surface area contributed by atoms with Crippen LogP contribution in [0, 0.1) is 28.6 Å². The van der Waals surface area contributed by atoms with E-state index in [1.54, 1.807) is 6.92 Å². The summed E-state index contributed by atoms with van der Waals surface area (Å²) in [7, 11) is 0. The molecule has 0 amide bonds. The first-order chi connectivity index (χ1) is 12.3. The van der Waals surface area contributed by atoms with Crippen LogP contribution in [-0.4, -0.2) is 29.1 Å². The molecule has 0 aromatic rings. The highest BCUT2D eigenvalue weighted by molar-refractivity contribution is 5.86. The average molecular weight is 360 g/mol. The number of Topliss-reactive ketones (excluding diaryl/α,β-unsaturated/α-hetero) is 1. The summed E-state index contributed by atoms with van der Waals surface area (Å²) in [5.41, 5.74) is 0.243. The van der Waals surface area contributed by atoms with E-state index in [-0.39, 0.29) is 22.7 Å². The molecule has 1 N–H and O–H groups in total. The Hall–Kier alpha value is -1.16. The summed E-state index contributed by atoms with van der Waals surface area (Å²) >= 11 is 0. The number of rotatable bonds is 3. The molecule has 0 aliphatic heterocycles. The van der Waals surface area contributed by atoms with Crippen LogP contribution in [0.5, 0.6) is 0 Å². The van der Waals surface area contributed by atoms with Crippen LogP contribution >= 0.6 is 0 Å². The van der Waals surface area contributed by atoms with Crippen molar-refractivity contribution in [2.24, 2.45) is 28.6 Å². The summed E-state index contributed by atoms with van der Waals surface area (Å²) in [5, 5.41) is 11.2. The van der Waals surface area contributed by atoms with Gasteiger partial charge in [0.2, 0.25) is 0 Å². The normalized spacial score (nSPS) is 50.1. The average Bonchev–Trinajstić information content (AvgIpc) is 2.88. The molecule has 4 nitrogen and oxygen atoms in total. The molecule has 0 spiro atoms. The zero-order valence-corrected chi connectivity index (χ0v) is 16.3. The highest BCUT2D eigenvalue weighted by atomic mass is 16.5. The van der Waals surface area contributed by atoms with Crippen molar-refractivity contribution in [3.63, 3.8) is 0 Å². The van der Waals surface area contributed by atoms with Crippen molar-refractivity contribution in [3.05, 3.63) is 11.6 Å². The van der Waals surface area contributed by atoms with Gasteiger partial charge in [0.1, 0.15) is 11.7 Å². The van der Waals surface area contributed by atoms with Crippen molar-refractivity contribution >= 4 is 12.3 Å². The van der Waals surface area contributed by atoms with Crippen LogP contribution in [0.1, 0.15) is 72.1 Å². The molecular weight excluding hydrogens is 328 g/mol. The van der Waals surface area contributed by atoms with Gasteiger partial charge in [-0.05, 0) is 75.0 Å². The van der Waals surface area contributed by atoms with Gasteiger partial charge in [0.15, 0.2) is 5.78 Å². The van der Waals surface area contributed by atoms with E-state index in [2.05, 4.69) is 19.9 Å². The van der Waals surface area contributed by atoms with E-state index in [9.17, 15) is 14.7 Å². The van der Waals surface area contributed by atoms with Crippen LogP contribution in [0.25, 0.3) is 0 Å². The zero-order valence-electron chi connectivity index (χ0n) is 16.3. The fraction of sp³-hybridized carbons (Fsp3) is 0.818. The van der Waals surface area contributed by atoms with E-state index in [4.69, 9.17) is 4.74 Å². The smallest absolute Gasteiger partial charge is 0.293 e. The van der Waals surface area contributed by atoms with Crippen LogP contribution in [-0.2, 0) is 14.3 Å². The van der Waals surface area contributed by atoms with Crippen LogP contribution in [0.2, 0.25) is 0 Å². The fourth-order valence-electron chi connectivity index (χ4n) is 7.42. The minimum atomic E-state index is -1.14. The fourth-order valence-corrected chi connectivity index (χ4v) is 7.42. The molecule has 0 saturated heterocycles. The molecule has 0 heterocycles. The maximum absolute atomic E-state index is 12.3. The second-order valence-corrected chi connectivity index (χ2v) is 9.77. The Kier molecular flexibility index (Phi) is 4.15. The van der Waals surface area contributed by atoms with E-state index in [0.29, 0.717) is 30.6 Å². The van der Waals surface area contributed by atoms with Gasteiger partial charge in [0.25, 0.3) is 6.47 Å². The largest absolute Gasteiger partial charge is 0.464 e. The Labute approximate surface area is 156 Å². The molecule has 3 fully saturated rings. The number of carbonyl (C=O) groups is 2. The Balaban J connectivity index is 1.64. The topological polar surface area (TPSA) is 63.6 Å². The Bertz CT molecular complexity index is 655. The molecular formula is C22H32O4. The molecule has 4 aliphatic carbocycles. The van der Waals surface area contributed by atoms with Gasteiger partial charge < -0.3 is 9.84 Å². The summed E-state index contributed by atoms with van der Waals surface area (Å²) in [6.07, 6.45) is 9.96. The van der Waals surface area contributed by atoms with E-state index in [1.807, 2.05) is 0 Å². The third-order valence-electron chi connectivity index (χ3n) is 9.04. The SMILES string of the molecule is CC(=O)[C@@]1(O)CCC2C3CC=C4CC(OC=O)CC[C@]4(C)C3CC[C@@]21C. The van der Waals surface area contributed by atoms with Crippen molar-refractivity contribution in [3.8, 4) is 0 Å². The van der Waals surface area contributed by atoms with E-state index in [0.717, 1.165) is 44.9 Å². The highest BCUT2D eigenvalue weighted by Crippen LogP contribution is 2.67. The van der Waals surface area contributed by atoms with Gasteiger partial charge in [0, 0.05) is 11.8 Å². The van der Waals surface area contributed by atoms with Crippen LogP contribution in [0.15, 0.2) is 11.6 Å². The quantitative estimate of drug-likeness (QED) is 0.614. The van der Waals surface area contributed by atoms with Gasteiger partial charge in [-0.15, -0.1) is 0 Å². The van der Waals surface area contributed by atoms with E-state index in [1.165, 1.54) is 5.57 Å². The van der Waals surface area contributed by atoms with Crippen molar-refractivity contribution in [2.45, 2.75) is 83.8 Å². The van der Waals surface area contributed by atoms with Crippen molar-refractivity contribution < 1.29 is 19.4 Å². The first kappa shape index (κ1) is 18.2. The monoisotopic (exact) mass is 360 g/mol.